The molecule has 2 amide bonds. The van der Waals surface area contributed by atoms with Crippen LogP contribution in [0.2, 0.25) is 5.02 Å². The van der Waals surface area contributed by atoms with E-state index in [0.29, 0.717) is 23.7 Å². The van der Waals surface area contributed by atoms with Crippen LogP contribution >= 0.6 is 11.6 Å². The average Bonchev–Trinajstić information content (AvgIpc) is 2.91. The maximum atomic E-state index is 14.0. The van der Waals surface area contributed by atoms with Crippen molar-refractivity contribution in [3.8, 4) is 0 Å². The Balaban J connectivity index is 2.03. The van der Waals surface area contributed by atoms with Crippen LogP contribution in [0.5, 0.6) is 0 Å². The number of carbonyl (C=O) groups is 2. The number of benzene rings is 3. The van der Waals surface area contributed by atoms with Gasteiger partial charge >= 0.3 is 0 Å². The second kappa shape index (κ2) is 13.6. The number of hydrogen-bond donors (Lipinski definition) is 1. The normalized spacial score (nSPS) is 12.2. The van der Waals surface area contributed by atoms with Crippen molar-refractivity contribution in [1.29, 1.82) is 0 Å². The summed E-state index contributed by atoms with van der Waals surface area (Å²) >= 11 is 6.00. The first-order valence-corrected chi connectivity index (χ1v) is 14.8. The number of sulfonamides is 1. The van der Waals surface area contributed by atoms with E-state index in [2.05, 4.69) is 5.32 Å². The van der Waals surface area contributed by atoms with Crippen LogP contribution < -0.4 is 9.62 Å². The number of hydrogen-bond acceptors (Lipinski definition) is 4. The van der Waals surface area contributed by atoms with Crippen molar-refractivity contribution in [2.45, 2.75) is 51.6 Å². The molecule has 7 nitrogen and oxygen atoms in total. The summed E-state index contributed by atoms with van der Waals surface area (Å²) in [7, 11) is -4.14. The molecule has 0 aliphatic carbocycles. The Hall–Kier alpha value is -3.36. The minimum atomic E-state index is -4.14. The minimum absolute atomic E-state index is 0.0116. The first-order valence-electron chi connectivity index (χ1n) is 13.0. The van der Waals surface area contributed by atoms with Gasteiger partial charge in [-0.2, -0.15) is 0 Å². The predicted molar refractivity (Wildman–Crippen MR) is 156 cm³/mol. The molecular formula is C30H36ClN3O4S. The molecule has 0 unspecified atom stereocenters. The first kappa shape index (κ1) is 30.2. The van der Waals surface area contributed by atoms with Crippen molar-refractivity contribution in [2.24, 2.45) is 5.92 Å². The van der Waals surface area contributed by atoms with Gasteiger partial charge in [-0.15, -0.1) is 0 Å². The fourth-order valence-corrected chi connectivity index (χ4v) is 5.70. The highest BCUT2D eigenvalue weighted by atomic mass is 35.5. The van der Waals surface area contributed by atoms with Gasteiger partial charge in [-0.1, -0.05) is 74.8 Å². The number of aryl methyl sites for hydroxylation is 1. The number of nitrogens with zero attached hydrogens (tertiary/aromatic N) is 2. The maximum absolute atomic E-state index is 14.0. The van der Waals surface area contributed by atoms with E-state index in [4.69, 9.17) is 11.6 Å². The van der Waals surface area contributed by atoms with Crippen molar-refractivity contribution in [1.82, 2.24) is 10.2 Å². The van der Waals surface area contributed by atoms with Gasteiger partial charge in [0.2, 0.25) is 11.8 Å². The number of nitrogens with one attached hydrogen (secondary N) is 1. The van der Waals surface area contributed by atoms with Crippen molar-refractivity contribution in [3.05, 3.63) is 95.0 Å². The van der Waals surface area contributed by atoms with Gasteiger partial charge in [-0.05, 0) is 66.8 Å². The molecular weight excluding hydrogens is 534 g/mol. The Kier molecular flexibility index (Phi) is 10.5. The molecule has 0 aromatic heterocycles. The largest absolute Gasteiger partial charge is 0.354 e. The van der Waals surface area contributed by atoms with Crippen LogP contribution in [0.1, 0.15) is 38.3 Å². The molecule has 208 valence electrons. The van der Waals surface area contributed by atoms with Gasteiger partial charge in [-0.3, -0.25) is 13.9 Å². The minimum Gasteiger partial charge on any atom is -0.354 e. The van der Waals surface area contributed by atoms with Gasteiger partial charge in [0, 0.05) is 18.1 Å². The summed E-state index contributed by atoms with van der Waals surface area (Å²) in [6.07, 6.45) is 0.372. The molecule has 0 saturated heterocycles. The van der Waals surface area contributed by atoms with Crippen LogP contribution in [-0.4, -0.2) is 44.3 Å². The Morgan fingerprint density at radius 3 is 2.21 bits per heavy atom. The molecule has 0 spiro atoms. The summed E-state index contributed by atoms with van der Waals surface area (Å²) in [5.41, 5.74) is 2.04. The van der Waals surface area contributed by atoms with E-state index in [1.807, 2.05) is 64.1 Å². The highest BCUT2D eigenvalue weighted by Crippen LogP contribution is 2.26. The zero-order valence-electron chi connectivity index (χ0n) is 22.8. The monoisotopic (exact) mass is 569 g/mol. The fourth-order valence-electron chi connectivity index (χ4n) is 4.17. The van der Waals surface area contributed by atoms with Crippen molar-refractivity contribution < 1.29 is 18.0 Å². The van der Waals surface area contributed by atoms with Gasteiger partial charge in [0.05, 0.1) is 10.6 Å². The molecule has 1 N–H and O–H groups in total. The van der Waals surface area contributed by atoms with E-state index in [9.17, 15) is 18.0 Å². The maximum Gasteiger partial charge on any atom is 0.264 e. The Morgan fingerprint density at radius 2 is 1.62 bits per heavy atom. The third-order valence-corrected chi connectivity index (χ3v) is 8.28. The van der Waals surface area contributed by atoms with Crippen LogP contribution in [0.25, 0.3) is 0 Å². The predicted octanol–water partition coefficient (Wildman–Crippen LogP) is 5.42. The molecule has 0 bridgehead atoms. The number of amides is 2. The molecule has 3 rings (SSSR count). The van der Waals surface area contributed by atoms with Crippen LogP contribution in [0, 0.1) is 12.8 Å². The Labute approximate surface area is 236 Å². The molecule has 3 aromatic carbocycles. The summed E-state index contributed by atoms with van der Waals surface area (Å²) in [4.78, 5) is 28.7. The molecule has 1 atom stereocenters. The quantitative estimate of drug-likeness (QED) is 0.315. The summed E-state index contributed by atoms with van der Waals surface area (Å²) in [5, 5.41) is 3.33. The molecule has 0 aliphatic rings. The van der Waals surface area contributed by atoms with Gasteiger partial charge in [-0.25, -0.2) is 8.42 Å². The van der Waals surface area contributed by atoms with Gasteiger partial charge < -0.3 is 10.2 Å². The number of carbonyl (C=O) groups excluding carboxylic acids is 2. The number of rotatable bonds is 12. The lowest BCUT2D eigenvalue weighted by molar-refractivity contribution is -0.140. The van der Waals surface area contributed by atoms with Crippen LogP contribution in [0.15, 0.2) is 83.8 Å². The van der Waals surface area contributed by atoms with Gasteiger partial charge in [0.15, 0.2) is 0 Å². The standard InChI is InChI=1S/C30H36ClN3O4S/c1-5-28(30(36)32-19-22(2)3)33(20-24-11-7-6-8-12-24)29(35)21-34(26-13-9-10-23(4)18-26)39(37,38)27-16-14-25(31)15-17-27/h6-18,22,28H,5,19-21H2,1-4H3,(H,32,36)/t28-/m0/s1. The van der Waals surface area contributed by atoms with Crippen molar-refractivity contribution in [3.63, 3.8) is 0 Å². The lowest BCUT2D eigenvalue weighted by atomic mass is 10.1. The van der Waals surface area contributed by atoms with E-state index >= 15 is 0 Å². The fraction of sp³-hybridized carbons (Fsp3) is 0.333. The number of anilines is 1. The third-order valence-electron chi connectivity index (χ3n) is 6.24. The second-order valence-electron chi connectivity index (χ2n) is 9.87. The molecule has 0 saturated carbocycles. The third kappa shape index (κ3) is 8.07. The second-order valence-corrected chi connectivity index (χ2v) is 12.2. The molecule has 0 heterocycles. The van der Waals surface area contributed by atoms with Crippen LogP contribution in [-0.2, 0) is 26.2 Å². The zero-order valence-corrected chi connectivity index (χ0v) is 24.4. The molecule has 3 aromatic rings. The van der Waals surface area contributed by atoms with Gasteiger partial charge in [0.1, 0.15) is 12.6 Å². The molecule has 9 heteroatoms. The summed E-state index contributed by atoms with van der Waals surface area (Å²) in [6, 6.07) is 21.4. The molecule has 39 heavy (non-hydrogen) atoms. The van der Waals surface area contributed by atoms with E-state index in [-0.39, 0.29) is 23.3 Å². The highest BCUT2D eigenvalue weighted by Gasteiger charge is 2.33. The molecule has 0 fully saturated rings. The Bertz CT molecular complexity index is 1360. The van der Waals surface area contributed by atoms with E-state index in [1.54, 1.807) is 18.2 Å². The van der Waals surface area contributed by atoms with E-state index < -0.39 is 28.5 Å². The van der Waals surface area contributed by atoms with Crippen molar-refractivity contribution >= 4 is 39.1 Å². The molecule has 0 radical (unpaired) electrons. The lowest BCUT2D eigenvalue weighted by Crippen LogP contribution is -2.52. The smallest absolute Gasteiger partial charge is 0.264 e. The van der Waals surface area contributed by atoms with E-state index in [0.717, 1.165) is 15.4 Å². The molecule has 0 aliphatic heterocycles. The summed E-state index contributed by atoms with van der Waals surface area (Å²) in [5.74, 6) is -0.506. The summed E-state index contributed by atoms with van der Waals surface area (Å²) in [6.45, 7) is 7.85. The highest BCUT2D eigenvalue weighted by molar-refractivity contribution is 7.92. The average molecular weight is 570 g/mol. The Morgan fingerprint density at radius 1 is 0.949 bits per heavy atom. The van der Waals surface area contributed by atoms with Crippen molar-refractivity contribution in [2.75, 3.05) is 17.4 Å². The first-order chi connectivity index (χ1) is 18.5. The zero-order chi connectivity index (χ0) is 28.6. The topological polar surface area (TPSA) is 86.8 Å². The number of halogens is 1. The lowest BCUT2D eigenvalue weighted by Gasteiger charge is -2.33. The van der Waals surface area contributed by atoms with Gasteiger partial charge in [0.25, 0.3) is 10.0 Å². The van der Waals surface area contributed by atoms with Crippen LogP contribution in [0.4, 0.5) is 5.69 Å². The SMILES string of the molecule is CC[C@@H](C(=O)NCC(C)C)N(Cc1ccccc1)C(=O)CN(c1cccc(C)c1)S(=O)(=O)c1ccc(Cl)cc1. The summed E-state index contributed by atoms with van der Waals surface area (Å²) < 4.78 is 28.8. The van der Waals surface area contributed by atoms with Crippen LogP contribution in [0.3, 0.4) is 0 Å². The van der Waals surface area contributed by atoms with E-state index in [1.165, 1.54) is 29.2 Å².